The summed E-state index contributed by atoms with van der Waals surface area (Å²) >= 11 is 5.93. The van der Waals surface area contributed by atoms with E-state index in [-0.39, 0.29) is 23.6 Å². The average molecular weight is 399 g/mol. The second-order valence-corrected chi connectivity index (χ2v) is 7.21. The van der Waals surface area contributed by atoms with E-state index >= 15 is 0 Å². The molecule has 0 radical (unpaired) electrons. The Hall–Kier alpha value is -2.63. The Labute approximate surface area is 169 Å². The predicted octanol–water partition coefficient (Wildman–Crippen LogP) is 3.71. The zero-order chi connectivity index (χ0) is 19.9. The summed E-state index contributed by atoms with van der Waals surface area (Å²) in [5, 5.41) is 6.18. The number of hydrogen-bond acceptors (Lipinski definition) is 3. The number of nitrogens with one attached hydrogen (secondary N) is 2. The molecule has 0 saturated carbocycles. The third-order valence-electron chi connectivity index (χ3n) is 4.50. The summed E-state index contributed by atoms with van der Waals surface area (Å²) < 4.78 is 5.54. The van der Waals surface area contributed by atoms with E-state index < -0.39 is 0 Å². The van der Waals surface area contributed by atoms with Crippen LogP contribution in [-0.4, -0.2) is 31.1 Å². The maximum absolute atomic E-state index is 12.7. The van der Waals surface area contributed by atoms with Crippen molar-refractivity contribution < 1.29 is 14.3 Å². The van der Waals surface area contributed by atoms with E-state index in [1.165, 1.54) is 0 Å². The molecular weight excluding hydrogens is 376 g/mol. The van der Waals surface area contributed by atoms with E-state index in [9.17, 15) is 9.59 Å². The lowest BCUT2D eigenvalue weighted by Gasteiger charge is -2.14. The highest BCUT2D eigenvalue weighted by atomic mass is 35.5. The van der Waals surface area contributed by atoms with Crippen molar-refractivity contribution in [2.75, 3.05) is 13.2 Å². The Kier molecular flexibility index (Phi) is 6.85. The van der Waals surface area contributed by atoms with Crippen molar-refractivity contribution in [2.45, 2.75) is 25.9 Å². The van der Waals surface area contributed by atoms with Gasteiger partial charge in [0.2, 0.25) is 0 Å². The van der Waals surface area contributed by atoms with E-state index in [0.717, 1.165) is 30.6 Å². The summed E-state index contributed by atoms with van der Waals surface area (Å²) in [6, 6.07) is 14.2. The summed E-state index contributed by atoms with van der Waals surface area (Å²) in [4.78, 5) is 25.3. The molecule has 2 N–H and O–H groups in total. The number of amides is 2. The first-order valence-electron chi connectivity index (χ1n) is 9.26. The maximum Gasteiger partial charge on any atom is 0.267 e. The van der Waals surface area contributed by atoms with Gasteiger partial charge in [0.05, 0.1) is 6.10 Å². The fourth-order valence-corrected chi connectivity index (χ4v) is 3.02. The molecule has 6 heteroatoms. The standard InChI is InChI=1S/C22H23ClN2O3/c1-15-4-8-17(9-5-15)21(26)25-20(13-16-6-10-18(23)11-7-16)22(27)24-14-19-3-2-12-28-19/h4-11,13,19H,2-3,12,14H2,1H3,(H,24,27)(H,25,26)/b20-13-/t19-/m0/s1. The van der Waals surface area contributed by atoms with E-state index in [1.807, 2.05) is 19.1 Å². The third kappa shape index (κ3) is 5.68. The van der Waals surface area contributed by atoms with Gasteiger partial charge in [-0.25, -0.2) is 0 Å². The number of carbonyl (C=O) groups is 2. The molecular formula is C22H23ClN2O3. The molecule has 1 aliphatic rings. The van der Waals surface area contributed by atoms with Crippen LogP contribution in [0.1, 0.15) is 34.3 Å². The van der Waals surface area contributed by atoms with Gasteiger partial charge in [0.25, 0.3) is 11.8 Å². The minimum absolute atomic E-state index is 0.0218. The van der Waals surface area contributed by atoms with Crippen LogP contribution in [0.25, 0.3) is 6.08 Å². The van der Waals surface area contributed by atoms with Crippen molar-refractivity contribution in [2.24, 2.45) is 0 Å². The highest BCUT2D eigenvalue weighted by Gasteiger charge is 2.19. The minimum Gasteiger partial charge on any atom is -0.376 e. The number of hydrogen-bond donors (Lipinski definition) is 2. The second kappa shape index (κ2) is 9.53. The molecule has 1 saturated heterocycles. The normalized spacial score (nSPS) is 16.6. The van der Waals surface area contributed by atoms with Crippen molar-refractivity contribution in [3.8, 4) is 0 Å². The van der Waals surface area contributed by atoms with Crippen LogP contribution in [0.2, 0.25) is 5.02 Å². The molecule has 1 atom stereocenters. The van der Waals surface area contributed by atoms with Gasteiger partial charge in [-0.1, -0.05) is 41.4 Å². The molecule has 0 spiro atoms. The van der Waals surface area contributed by atoms with Crippen LogP contribution in [0.15, 0.2) is 54.2 Å². The molecule has 3 rings (SSSR count). The zero-order valence-electron chi connectivity index (χ0n) is 15.7. The molecule has 5 nitrogen and oxygen atoms in total. The Morgan fingerprint density at radius 1 is 1.14 bits per heavy atom. The van der Waals surface area contributed by atoms with Crippen LogP contribution in [0.5, 0.6) is 0 Å². The fraction of sp³-hybridized carbons (Fsp3) is 0.273. The van der Waals surface area contributed by atoms with Crippen LogP contribution in [0.4, 0.5) is 0 Å². The summed E-state index contributed by atoms with van der Waals surface area (Å²) in [7, 11) is 0. The molecule has 2 aromatic rings. The minimum atomic E-state index is -0.356. The Bertz CT molecular complexity index is 854. The topological polar surface area (TPSA) is 67.4 Å². The van der Waals surface area contributed by atoms with Crippen molar-refractivity contribution in [3.63, 3.8) is 0 Å². The van der Waals surface area contributed by atoms with Crippen molar-refractivity contribution in [3.05, 3.63) is 75.9 Å². The van der Waals surface area contributed by atoms with Crippen LogP contribution in [-0.2, 0) is 9.53 Å². The lowest BCUT2D eigenvalue weighted by Crippen LogP contribution is -2.38. The molecule has 2 aromatic carbocycles. The van der Waals surface area contributed by atoms with Gasteiger partial charge in [-0.3, -0.25) is 9.59 Å². The molecule has 0 unspecified atom stereocenters. The molecule has 28 heavy (non-hydrogen) atoms. The summed E-state index contributed by atoms with van der Waals surface area (Å²) in [6.45, 7) is 3.08. The van der Waals surface area contributed by atoms with E-state index in [4.69, 9.17) is 16.3 Å². The first kappa shape index (κ1) is 20.1. The molecule has 0 bridgehead atoms. The zero-order valence-corrected chi connectivity index (χ0v) is 16.5. The first-order valence-corrected chi connectivity index (χ1v) is 9.64. The van der Waals surface area contributed by atoms with Crippen LogP contribution in [0, 0.1) is 6.92 Å². The molecule has 0 aromatic heterocycles. The Morgan fingerprint density at radius 3 is 2.50 bits per heavy atom. The number of rotatable bonds is 6. The number of halogens is 1. The largest absolute Gasteiger partial charge is 0.376 e. The lowest BCUT2D eigenvalue weighted by molar-refractivity contribution is -0.118. The SMILES string of the molecule is Cc1ccc(C(=O)N/C(=C\c2ccc(Cl)cc2)C(=O)NC[C@@H]2CCCO2)cc1. The van der Waals surface area contributed by atoms with Crippen molar-refractivity contribution in [1.29, 1.82) is 0 Å². The Balaban J connectivity index is 1.76. The summed E-state index contributed by atoms with van der Waals surface area (Å²) in [5.41, 5.74) is 2.48. The van der Waals surface area contributed by atoms with E-state index in [2.05, 4.69) is 10.6 Å². The number of ether oxygens (including phenoxy) is 1. The van der Waals surface area contributed by atoms with Crippen molar-refractivity contribution in [1.82, 2.24) is 10.6 Å². The maximum atomic E-state index is 12.7. The van der Waals surface area contributed by atoms with Gasteiger partial charge in [0.15, 0.2) is 0 Å². The average Bonchev–Trinajstić information content (AvgIpc) is 3.21. The van der Waals surface area contributed by atoms with Crippen LogP contribution < -0.4 is 10.6 Å². The van der Waals surface area contributed by atoms with Gasteiger partial charge in [0.1, 0.15) is 5.70 Å². The fourth-order valence-electron chi connectivity index (χ4n) is 2.89. The smallest absolute Gasteiger partial charge is 0.267 e. The third-order valence-corrected chi connectivity index (χ3v) is 4.75. The molecule has 0 aliphatic carbocycles. The van der Waals surface area contributed by atoms with Gasteiger partial charge in [-0.05, 0) is 55.7 Å². The molecule has 146 valence electrons. The van der Waals surface area contributed by atoms with Gasteiger partial charge < -0.3 is 15.4 Å². The summed E-state index contributed by atoms with van der Waals surface area (Å²) in [5.74, 6) is -0.696. The van der Waals surface area contributed by atoms with Gasteiger partial charge in [0, 0.05) is 23.7 Å². The van der Waals surface area contributed by atoms with Crippen molar-refractivity contribution >= 4 is 29.5 Å². The van der Waals surface area contributed by atoms with Crippen LogP contribution in [0.3, 0.4) is 0 Å². The molecule has 1 fully saturated rings. The van der Waals surface area contributed by atoms with Gasteiger partial charge >= 0.3 is 0 Å². The quantitative estimate of drug-likeness (QED) is 0.729. The van der Waals surface area contributed by atoms with Gasteiger partial charge in [-0.2, -0.15) is 0 Å². The summed E-state index contributed by atoms with van der Waals surface area (Å²) in [6.07, 6.45) is 3.58. The lowest BCUT2D eigenvalue weighted by atomic mass is 10.1. The van der Waals surface area contributed by atoms with E-state index in [0.29, 0.717) is 17.1 Å². The molecule has 2 amide bonds. The van der Waals surface area contributed by atoms with Gasteiger partial charge in [-0.15, -0.1) is 0 Å². The highest BCUT2D eigenvalue weighted by Crippen LogP contribution is 2.14. The second-order valence-electron chi connectivity index (χ2n) is 6.77. The first-order chi connectivity index (χ1) is 13.5. The molecule has 1 heterocycles. The Morgan fingerprint density at radius 2 is 1.86 bits per heavy atom. The number of benzene rings is 2. The molecule has 1 aliphatic heterocycles. The highest BCUT2D eigenvalue weighted by molar-refractivity contribution is 6.30. The number of aryl methyl sites for hydroxylation is 1. The predicted molar refractivity (Wildman–Crippen MR) is 110 cm³/mol. The van der Waals surface area contributed by atoms with E-state index in [1.54, 1.807) is 42.5 Å². The number of carbonyl (C=O) groups excluding carboxylic acids is 2. The monoisotopic (exact) mass is 398 g/mol. The van der Waals surface area contributed by atoms with Crippen LogP contribution >= 0.6 is 11.6 Å².